The number of aliphatic hydroxyl groups is 1. The van der Waals surface area contributed by atoms with Gasteiger partial charge in [-0.15, -0.1) is 0 Å². The molecule has 0 saturated carbocycles. The second-order valence-corrected chi connectivity index (χ2v) is 3.78. The summed E-state index contributed by atoms with van der Waals surface area (Å²) in [5.41, 5.74) is 6.37. The van der Waals surface area contributed by atoms with Gasteiger partial charge in [-0.05, 0) is 23.8 Å². The van der Waals surface area contributed by atoms with Gasteiger partial charge < -0.3 is 10.8 Å². The SMILES string of the molecule is NC(CO)c1cc(Br)ccc1Cl. The standard InChI is InChI=1S/C8H9BrClNO/c9-5-1-2-7(10)6(3-5)8(11)4-12/h1-3,8,12H,4,11H2. The van der Waals surface area contributed by atoms with Crippen molar-refractivity contribution in [3.63, 3.8) is 0 Å². The smallest absolute Gasteiger partial charge is 0.0624 e. The molecule has 0 aliphatic carbocycles. The Bertz CT molecular complexity index is 280. The van der Waals surface area contributed by atoms with Crippen molar-refractivity contribution in [2.75, 3.05) is 6.61 Å². The van der Waals surface area contributed by atoms with Crippen molar-refractivity contribution in [2.24, 2.45) is 5.73 Å². The van der Waals surface area contributed by atoms with Crippen LogP contribution in [0.15, 0.2) is 22.7 Å². The van der Waals surface area contributed by atoms with Gasteiger partial charge >= 0.3 is 0 Å². The third-order valence-corrected chi connectivity index (χ3v) is 2.39. The van der Waals surface area contributed by atoms with Crippen molar-refractivity contribution in [1.82, 2.24) is 0 Å². The first kappa shape index (κ1) is 9.99. The molecular weight excluding hydrogens is 241 g/mol. The lowest BCUT2D eigenvalue weighted by Gasteiger charge is -2.10. The Balaban J connectivity index is 3.04. The molecule has 1 rings (SSSR count). The molecule has 0 heterocycles. The lowest BCUT2D eigenvalue weighted by molar-refractivity contribution is 0.268. The van der Waals surface area contributed by atoms with Crippen molar-refractivity contribution < 1.29 is 5.11 Å². The van der Waals surface area contributed by atoms with E-state index in [0.717, 1.165) is 10.0 Å². The summed E-state index contributed by atoms with van der Waals surface area (Å²) in [4.78, 5) is 0. The van der Waals surface area contributed by atoms with Crippen LogP contribution in [0.1, 0.15) is 11.6 Å². The number of aliphatic hydroxyl groups excluding tert-OH is 1. The van der Waals surface area contributed by atoms with Crippen molar-refractivity contribution in [1.29, 1.82) is 0 Å². The Morgan fingerprint density at radius 1 is 1.58 bits per heavy atom. The Kier molecular flexibility index (Phi) is 3.53. The maximum atomic E-state index is 8.80. The maximum absolute atomic E-state index is 8.80. The molecule has 0 fully saturated rings. The highest BCUT2D eigenvalue weighted by Crippen LogP contribution is 2.24. The van der Waals surface area contributed by atoms with Crippen LogP contribution >= 0.6 is 27.5 Å². The molecule has 0 bridgehead atoms. The molecule has 1 aromatic carbocycles. The van der Waals surface area contributed by atoms with Gasteiger partial charge in [0.1, 0.15) is 0 Å². The van der Waals surface area contributed by atoms with E-state index in [0.29, 0.717) is 5.02 Å². The summed E-state index contributed by atoms with van der Waals surface area (Å²) in [6.45, 7) is -0.101. The monoisotopic (exact) mass is 249 g/mol. The first-order chi connectivity index (χ1) is 5.65. The molecule has 1 unspecified atom stereocenters. The molecule has 0 amide bonds. The molecule has 0 aliphatic heterocycles. The van der Waals surface area contributed by atoms with E-state index >= 15 is 0 Å². The van der Waals surface area contributed by atoms with Crippen LogP contribution < -0.4 is 5.73 Å². The van der Waals surface area contributed by atoms with Crippen molar-refractivity contribution in [3.05, 3.63) is 33.3 Å². The molecule has 2 nitrogen and oxygen atoms in total. The van der Waals surface area contributed by atoms with Crippen LogP contribution in [0.4, 0.5) is 0 Å². The maximum Gasteiger partial charge on any atom is 0.0624 e. The van der Waals surface area contributed by atoms with Crippen molar-refractivity contribution >= 4 is 27.5 Å². The lowest BCUT2D eigenvalue weighted by atomic mass is 10.1. The second kappa shape index (κ2) is 4.23. The quantitative estimate of drug-likeness (QED) is 0.844. The molecule has 4 heteroatoms. The highest BCUT2D eigenvalue weighted by Gasteiger charge is 2.08. The summed E-state index contributed by atoms with van der Waals surface area (Å²) in [5.74, 6) is 0. The molecule has 12 heavy (non-hydrogen) atoms. The highest BCUT2D eigenvalue weighted by atomic mass is 79.9. The largest absolute Gasteiger partial charge is 0.394 e. The summed E-state index contributed by atoms with van der Waals surface area (Å²) < 4.78 is 0.908. The van der Waals surface area contributed by atoms with E-state index < -0.39 is 6.04 Å². The van der Waals surface area contributed by atoms with Gasteiger partial charge in [0.2, 0.25) is 0 Å². The number of hydrogen-bond acceptors (Lipinski definition) is 2. The number of hydrogen-bond donors (Lipinski definition) is 2. The topological polar surface area (TPSA) is 46.2 Å². The van der Waals surface area contributed by atoms with E-state index in [2.05, 4.69) is 15.9 Å². The van der Waals surface area contributed by atoms with Crippen LogP contribution in [-0.2, 0) is 0 Å². The fraction of sp³-hybridized carbons (Fsp3) is 0.250. The van der Waals surface area contributed by atoms with Crippen LogP contribution in [0.3, 0.4) is 0 Å². The van der Waals surface area contributed by atoms with Crippen LogP contribution in [0.2, 0.25) is 5.02 Å². The minimum atomic E-state index is -0.407. The first-order valence-corrected chi connectivity index (χ1v) is 4.63. The fourth-order valence-corrected chi connectivity index (χ4v) is 1.53. The molecule has 0 radical (unpaired) electrons. The predicted octanol–water partition coefficient (Wildman–Crippen LogP) is 2.09. The van der Waals surface area contributed by atoms with Crippen LogP contribution in [0, 0.1) is 0 Å². The van der Waals surface area contributed by atoms with Crippen LogP contribution in [0.25, 0.3) is 0 Å². The van der Waals surface area contributed by atoms with Crippen LogP contribution in [-0.4, -0.2) is 11.7 Å². The molecular formula is C8H9BrClNO. The third-order valence-electron chi connectivity index (χ3n) is 1.55. The Hall–Kier alpha value is -0.0900. The predicted molar refractivity (Wildman–Crippen MR) is 53.2 cm³/mol. The highest BCUT2D eigenvalue weighted by molar-refractivity contribution is 9.10. The van der Waals surface area contributed by atoms with Crippen molar-refractivity contribution in [3.8, 4) is 0 Å². The zero-order valence-corrected chi connectivity index (χ0v) is 8.64. The Labute approximate surface area is 84.5 Å². The van der Waals surface area contributed by atoms with Gasteiger partial charge in [0.05, 0.1) is 12.6 Å². The third kappa shape index (κ3) is 2.20. The normalized spacial score (nSPS) is 13.0. The average Bonchev–Trinajstić information content (AvgIpc) is 2.08. The molecule has 0 spiro atoms. The summed E-state index contributed by atoms with van der Waals surface area (Å²) in [6, 6.07) is 4.98. The molecule has 66 valence electrons. The second-order valence-electron chi connectivity index (χ2n) is 2.45. The van der Waals surface area contributed by atoms with Crippen LogP contribution in [0.5, 0.6) is 0 Å². The summed E-state index contributed by atoms with van der Waals surface area (Å²) in [6.07, 6.45) is 0. The summed E-state index contributed by atoms with van der Waals surface area (Å²) >= 11 is 9.16. The van der Waals surface area contributed by atoms with Gasteiger partial charge in [-0.3, -0.25) is 0 Å². The average molecular weight is 251 g/mol. The first-order valence-electron chi connectivity index (χ1n) is 3.46. The van der Waals surface area contributed by atoms with E-state index in [9.17, 15) is 0 Å². The Morgan fingerprint density at radius 2 is 2.25 bits per heavy atom. The van der Waals surface area contributed by atoms with Gasteiger partial charge in [-0.25, -0.2) is 0 Å². The number of benzene rings is 1. The molecule has 0 saturated heterocycles. The van der Waals surface area contributed by atoms with E-state index in [1.807, 2.05) is 12.1 Å². The molecule has 0 aromatic heterocycles. The minimum Gasteiger partial charge on any atom is -0.394 e. The summed E-state index contributed by atoms with van der Waals surface area (Å²) in [5, 5.41) is 9.39. The van der Waals surface area contributed by atoms with Gasteiger partial charge in [0, 0.05) is 9.50 Å². The van der Waals surface area contributed by atoms with Gasteiger partial charge in [0.15, 0.2) is 0 Å². The van der Waals surface area contributed by atoms with Crippen molar-refractivity contribution in [2.45, 2.75) is 6.04 Å². The molecule has 1 atom stereocenters. The fourth-order valence-electron chi connectivity index (χ4n) is 0.897. The van der Waals surface area contributed by atoms with E-state index in [4.69, 9.17) is 22.4 Å². The summed E-state index contributed by atoms with van der Waals surface area (Å²) in [7, 11) is 0. The number of nitrogens with two attached hydrogens (primary N) is 1. The van der Waals surface area contributed by atoms with Gasteiger partial charge in [-0.1, -0.05) is 27.5 Å². The van der Waals surface area contributed by atoms with E-state index in [-0.39, 0.29) is 6.61 Å². The van der Waals surface area contributed by atoms with E-state index in [1.165, 1.54) is 0 Å². The number of halogens is 2. The van der Waals surface area contributed by atoms with E-state index in [1.54, 1.807) is 6.07 Å². The van der Waals surface area contributed by atoms with Gasteiger partial charge in [-0.2, -0.15) is 0 Å². The number of rotatable bonds is 2. The minimum absolute atomic E-state index is 0.101. The van der Waals surface area contributed by atoms with Gasteiger partial charge in [0.25, 0.3) is 0 Å². The Morgan fingerprint density at radius 3 is 2.83 bits per heavy atom. The lowest BCUT2D eigenvalue weighted by Crippen LogP contribution is -2.14. The zero-order valence-electron chi connectivity index (χ0n) is 6.30. The molecule has 1 aromatic rings. The molecule has 0 aliphatic rings. The molecule has 3 N–H and O–H groups in total. The zero-order chi connectivity index (χ0) is 9.14.